The molecule has 1 aromatic carbocycles. The quantitative estimate of drug-likeness (QED) is 0.473. The summed E-state index contributed by atoms with van der Waals surface area (Å²) in [5.74, 6) is 2.80. The van der Waals surface area contributed by atoms with Gasteiger partial charge in [0.25, 0.3) is 0 Å². The van der Waals surface area contributed by atoms with E-state index in [0.29, 0.717) is 25.0 Å². The van der Waals surface area contributed by atoms with Crippen LogP contribution in [0, 0.1) is 18.8 Å². The molecule has 168 valence electrons. The van der Waals surface area contributed by atoms with E-state index in [-0.39, 0.29) is 0 Å². The van der Waals surface area contributed by atoms with E-state index in [9.17, 15) is 0 Å². The van der Waals surface area contributed by atoms with Crippen LogP contribution in [0.3, 0.4) is 0 Å². The maximum atomic E-state index is 6.15. The lowest BCUT2D eigenvalue weighted by Crippen LogP contribution is -2.43. The average molecular weight is 419 g/mol. The molecule has 2 N–H and O–H groups in total. The molecule has 2 heterocycles. The van der Waals surface area contributed by atoms with Crippen LogP contribution in [-0.2, 0) is 16.0 Å². The minimum atomic E-state index is 0.494. The molecule has 0 saturated carbocycles. The molecule has 2 unspecified atom stereocenters. The van der Waals surface area contributed by atoms with E-state index in [0.717, 1.165) is 76.3 Å². The Bertz CT molecular complexity index is 670. The maximum Gasteiger partial charge on any atom is 0.191 e. The van der Waals surface area contributed by atoms with Gasteiger partial charge in [0.2, 0.25) is 0 Å². The molecule has 0 aliphatic carbocycles. The Morgan fingerprint density at radius 2 is 2.07 bits per heavy atom. The van der Waals surface area contributed by atoms with E-state index >= 15 is 0 Å². The van der Waals surface area contributed by atoms with Gasteiger partial charge in [-0.25, -0.2) is 0 Å². The minimum absolute atomic E-state index is 0.494. The van der Waals surface area contributed by atoms with Gasteiger partial charge in [0.15, 0.2) is 5.96 Å². The standard InChI is InChI=1S/C23H38N4O3/c1-18-4-5-21(22(12-18)30-17-20-6-9-29-16-20)14-26-23(24-3)25-13-19(2)15-27-7-10-28-11-8-27/h4-5,12,19-20H,6-11,13-17H2,1-3H3,(H2,24,25,26). The zero-order valence-electron chi connectivity index (χ0n) is 18.8. The van der Waals surface area contributed by atoms with Gasteiger partial charge < -0.3 is 24.8 Å². The molecule has 2 atom stereocenters. The van der Waals surface area contributed by atoms with Gasteiger partial charge in [-0.05, 0) is 30.9 Å². The van der Waals surface area contributed by atoms with Gasteiger partial charge in [-0.3, -0.25) is 9.89 Å². The lowest BCUT2D eigenvalue weighted by Gasteiger charge is -2.29. The van der Waals surface area contributed by atoms with Crippen LogP contribution in [0.1, 0.15) is 24.5 Å². The van der Waals surface area contributed by atoms with Crippen molar-refractivity contribution in [3.8, 4) is 5.75 Å². The number of nitrogens with one attached hydrogen (secondary N) is 2. The molecule has 2 fully saturated rings. The Morgan fingerprint density at radius 3 is 2.80 bits per heavy atom. The summed E-state index contributed by atoms with van der Waals surface area (Å²) >= 11 is 0. The molecule has 30 heavy (non-hydrogen) atoms. The Labute approximate surface area is 181 Å². The molecule has 3 rings (SSSR count). The fraction of sp³-hybridized carbons (Fsp3) is 0.696. The van der Waals surface area contributed by atoms with Gasteiger partial charge in [-0.15, -0.1) is 0 Å². The number of nitrogens with zero attached hydrogens (tertiary/aromatic N) is 2. The van der Waals surface area contributed by atoms with Crippen molar-refractivity contribution >= 4 is 5.96 Å². The summed E-state index contributed by atoms with van der Waals surface area (Å²) < 4.78 is 17.0. The zero-order chi connectivity index (χ0) is 21.2. The van der Waals surface area contributed by atoms with Crippen molar-refractivity contribution in [2.45, 2.75) is 26.8 Å². The summed E-state index contributed by atoms with van der Waals surface area (Å²) in [5, 5.41) is 6.89. The molecule has 2 aliphatic rings. The van der Waals surface area contributed by atoms with Gasteiger partial charge in [-0.2, -0.15) is 0 Å². The molecule has 0 bridgehead atoms. The highest BCUT2D eigenvalue weighted by Gasteiger charge is 2.17. The van der Waals surface area contributed by atoms with E-state index < -0.39 is 0 Å². The Balaban J connectivity index is 1.45. The molecular weight excluding hydrogens is 380 g/mol. The van der Waals surface area contributed by atoms with Gasteiger partial charge in [-0.1, -0.05) is 19.1 Å². The van der Waals surface area contributed by atoms with Gasteiger partial charge in [0.05, 0.1) is 26.4 Å². The fourth-order valence-electron chi connectivity index (χ4n) is 3.82. The number of benzene rings is 1. The first-order valence-corrected chi connectivity index (χ1v) is 11.2. The van der Waals surface area contributed by atoms with Crippen LogP contribution in [0.25, 0.3) is 0 Å². The Morgan fingerprint density at radius 1 is 1.23 bits per heavy atom. The van der Waals surface area contributed by atoms with Crippen molar-refractivity contribution in [3.63, 3.8) is 0 Å². The number of rotatable bonds is 9. The van der Waals surface area contributed by atoms with Crippen LogP contribution < -0.4 is 15.4 Å². The molecular formula is C23H38N4O3. The van der Waals surface area contributed by atoms with Crippen molar-refractivity contribution in [1.29, 1.82) is 0 Å². The number of hydrogen-bond acceptors (Lipinski definition) is 5. The predicted molar refractivity (Wildman–Crippen MR) is 120 cm³/mol. The minimum Gasteiger partial charge on any atom is -0.493 e. The van der Waals surface area contributed by atoms with Crippen LogP contribution in [0.4, 0.5) is 0 Å². The van der Waals surface area contributed by atoms with Crippen molar-refractivity contribution in [1.82, 2.24) is 15.5 Å². The van der Waals surface area contributed by atoms with Crippen molar-refractivity contribution < 1.29 is 14.2 Å². The average Bonchev–Trinajstić information content (AvgIpc) is 3.28. The molecule has 2 saturated heterocycles. The monoisotopic (exact) mass is 418 g/mol. The third-order valence-electron chi connectivity index (χ3n) is 5.68. The van der Waals surface area contributed by atoms with Crippen molar-refractivity contribution in [2.75, 3.05) is 66.3 Å². The van der Waals surface area contributed by atoms with Crippen LogP contribution >= 0.6 is 0 Å². The third kappa shape index (κ3) is 7.45. The molecule has 2 aliphatic heterocycles. The van der Waals surface area contributed by atoms with Crippen LogP contribution in [-0.4, -0.2) is 77.1 Å². The first-order valence-electron chi connectivity index (χ1n) is 11.2. The molecule has 7 heteroatoms. The lowest BCUT2D eigenvalue weighted by atomic mass is 10.1. The van der Waals surface area contributed by atoms with E-state index in [2.05, 4.69) is 52.6 Å². The molecule has 1 aromatic rings. The zero-order valence-corrected chi connectivity index (χ0v) is 18.8. The first kappa shape index (κ1) is 22.8. The van der Waals surface area contributed by atoms with Crippen LogP contribution in [0.2, 0.25) is 0 Å². The topological polar surface area (TPSA) is 67.4 Å². The fourth-order valence-corrected chi connectivity index (χ4v) is 3.82. The van der Waals surface area contributed by atoms with Crippen LogP contribution in [0.15, 0.2) is 23.2 Å². The maximum absolute atomic E-state index is 6.15. The van der Waals surface area contributed by atoms with Gasteiger partial charge in [0.1, 0.15) is 5.75 Å². The van der Waals surface area contributed by atoms with Crippen molar-refractivity contribution in [2.24, 2.45) is 16.8 Å². The van der Waals surface area contributed by atoms with E-state index in [1.165, 1.54) is 5.56 Å². The van der Waals surface area contributed by atoms with Gasteiger partial charge >= 0.3 is 0 Å². The lowest BCUT2D eigenvalue weighted by molar-refractivity contribution is 0.0320. The second-order valence-corrected chi connectivity index (χ2v) is 8.48. The van der Waals surface area contributed by atoms with Gasteiger partial charge in [0, 0.05) is 57.9 Å². The summed E-state index contributed by atoms with van der Waals surface area (Å²) in [4.78, 5) is 6.85. The van der Waals surface area contributed by atoms with E-state index in [1.807, 2.05) is 7.05 Å². The SMILES string of the molecule is CN=C(NCc1ccc(C)cc1OCC1CCOC1)NCC(C)CN1CCOCC1. The summed E-state index contributed by atoms with van der Waals surface area (Å²) in [7, 11) is 1.81. The Hall–Kier alpha value is -1.83. The first-order chi connectivity index (χ1) is 14.6. The third-order valence-corrected chi connectivity index (χ3v) is 5.68. The number of guanidine groups is 1. The molecule has 7 nitrogen and oxygen atoms in total. The largest absolute Gasteiger partial charge is 0.493 e. The summed E-state index contributed by atoms with van der Waals surface area (Å²) in [6.07, 6.45) is 1.08. The summed E-state index contributed by atoms with van der Waals surface area (Å²) in [5.41, 5.74) is 2.35. The molecule has 0 aromatic heterocycles. The number of aliphatic imine (C=N–C) groups is 1. The highest BCUT2D eigenvalue weighted by molar-refractivity contribution is 5.79. The second kappa shape index (κ2) is 12.1. The Kier molecular flexibility index (Phi) is 9.24. The second-order valence-electron chi connectivity index (χ2n) is 8.48. The smallest absolute Gasteiger partial charge is 0.191 e. The molecule has 0 spiro atoms. The highest BCUT2D eigenvalue weighted by Crippen LogP contribution is 2.22. The molecule has 0 radical (unpaired) electrons. The van der Waals surface area contributed by atoms with E-state index in [1.54, 1.807) is 0 Å². The summed E-state index contributed by atoms with van der Waals surface area (Å²) in [6, 6.07) is 6.38. The van der Waals surface area contributed by atoms with E-state index in [4.69, 9.17) is 14.2 Å². The summed E-state index contributed by atoms with van der Waals surface area (Å²) in [6.45, 7) is 13.1. The number of morpholine rings is 1. The number of ether oxygens (including phenoxy) is 3. The van der Waals surface area contributed by atoms with Crippen molar-refractivity contribution in [3.05, 3.63) is 29.3 Å². The number of aryl methyl sites for hydroxylation is 1. The highest BCUT2D eigenvalue weighted by atomic mass is 16.5. The van der Waals surface area contributed by atoms with Crippen LogP contribution in [0.5, 0.6) is 5.75 Å². The normalized spacial score (nSPS) is 21.4. The predicted octanol–water partition coefficient (Wildman–Crippen LogP) is 2.04. The molecule has 0 amide bonds. The number of hydrogen-bond donors (Lipinski definition) is 2.